The fourth-order valence-electron chi connectivity index (χ4n) is 1.89. The molecule has 0 heterocycles. The molecular weight excluding hydrogens is 240 g/mol. The Morgan fingerprint density at radius 2 is 2.07 bits per heavy atom. The summed E-state index contributed by atoms with van der Waals surface area (Å²) < 4.78 is 1.01. The number of benzene rings is 1. The van der Waals surface area contributed by atoms with Gasteiger partial charge in [-0.1, -0.05) is 47.0 Å². The van der Waals surface area contributed by atoms with E-state index in [-0.39, 0.29) is 0 Å². The SMILES string of the molecule is CC(O)(CC1CC1)c1ccccc1Br. The lowest BCUT2D eigenvalue weighted by Crippen LogP contribution is -2.22. The summed E-state index contributed by atoms with van der Waals surface area (Å²) in [6, 6.07) is 7.92. The molecule has 0 amide bonds. The van der Waals surface area contributed by atoms with Gasteiger partial charge in [0.25, 0.3) is 0 Å². The number of hydrogen-bond acceptors (Lipinski definition) is 1. The van der Waals surface area contributed by atoms with Crippen molar-refractivity contribution >= 4 is 15.9 Å². The van der Waals surface area contributed by atoms with Gasteiger partial charge in [-0.25, -0.2) is 0 Å². The van der Waals surface area contributed by atoms with Crippen LogP contribution in [-0.2, 0) is 5.60 Å². The molecule has 0 spiro atoms. The van der Waals surface area contributed by atoms with E-state index in [9.17, 15) is 5.11 Å². The molecule has 0 bridgehead atoms. The highest BCUT2D eigenvalue weighted by atomic mass is 79.9. The van der Waals surface area contributed by atoms with E-state index in [4.69, 9.17) is 0 Å². The van der Waals surface area contributed by atoms with E-state index < -0.39 is 5.60 Å². The van der Waals surface area contributed by atoms with Crippen LogP contribution < -0.4 is 0 Å². The molecule has 0 radical (unpaired) electrons. The van der Waals surface area contributed by atoms with Crippen molar-refractivity contribution in [3.63, 3.8) is 0 Å². The van der Waals surface area contributed by atoms with Gasteiger partial charge in [0.15, 0.2) is 0 Å². The molecule has 1 aliphatic carbocycles. The van der Waals surface area contributed by atoms with Crippen molar-refractivity contribution in [2.75, 3.05) is 0 Å². The third kappa shape index (κ3) is 2.18. The molecule has 1 N–H and O–H groups in total. The third-order valence-corrected chi connectivity index (χ3v) is 3.53. The zero-order valence-electron chi connectivity index (χ0n) is 8.33. The van der Waals surface area contributed by atoms with Gasteiger partial charge in [-0.15, -0.1) is 0 Å². The van der Waals surface area contributed by atoms with Gasteiger partial charge in [-0.3, -0.25) is 0 Å². The first-order chi connectivity index (χ1) is 6.59. The highest BCUT2D eigenvalue weighted by Crippen LogP contribution is 2.42. The molecule has 2 rings (SSSR count). The summed E-state index contributed by atoms with van der Waals surface area (Å²) in [4.78, 5) is 0. The normalized spacial score (nSPS) is 20.5. The van der Waals surface area contributed by atoms with Crippen molar-refractivity contribution in [1.82, 2.24) is 0 Å². The molecule has 14 heavy (non-hydrogen) atoms. The van der Waals surface area contributed by atoms with E-state index in [1.54, 1.807) is 0 Å². The number of halogens is 1. The largest absolute Gasteiger partial charge is 0.385 e. The third-order valence-electron chi connectivity index (χ3n) is 2.84. The molecule has 0 aromatic heterocycles. The maximum atomic E-state index is 10.3. The zero-order valence-corrected chi connectivity index (χ0v) is 9.92. The van der Waals surface area contributed by atoms with Gasteiger partial charge in [0.05, 0.1) is 5.60 Å². The topological polar surface area (TPSA) is 20.2 Å². The van der Waals surface area contributed by atoms with Gasteiger partial charge in [-0.2, -0.15) is 0 Å². The summed E-state index contributed by atoms with van der Waals surface area (Å²) in [5.41, 5.74) is 0.327. The average Bonchev–Trinajstić information content (AvgIpc) is 2.88. The minimum absolute atomic E-state index is 0.679. The van der Waals surface area contributed by atoms with Crippen molar-refractivity contribution < 1.29 is 5.11 Å². The molecule has 1 aliphatic rings. The average molecular weight is 255 g/mol. The van der Waals surface area contributed by atoms with Gasteiger partial charge < -0.3 is 5.11 Å². The van der Waals surface area contributed by atoms with E-state index in [0.29, 0.717) is 0 Å². The smallest absolute Gasteiger partial charge is 0.0882 e. The maximum absolute atomic E-state index is 10.3. The molecule has 1 unspecified atom stereocenters. The van der Waals surface area contributed by atoms with E-state index >= 15 is 0 Å². The molecule has 1 aromatic rings. The summed E-state index contributed by atoms with van der Waals surface area (Å²) in [5, 5.41) is 10.3. The summed E-state index contributed by atoms with van der Waals surface area (Å²) in [7, 11) is 0. The Bertz CT molecular complexity index is 329. The van der Waals surface area contributed by atoms with Crippen LogP contribution in [0, 0.1) is 5.92 Å². The predicted molar refractivity (Wildman–Crippen MR) is 61.1 cm³/mol. The second kappa shape index (κ2) is 3.67. The molecule has 0 aliphatic heterocycles. The predicted octanol–water partition coefficient (Wildman–Crippen LogP) is 3.46. The molecule has 2 heteroatoms. The molecule has 1 atom stereocenters. The summed E-state index contributed by atoms with van der Waals surface area (Å²) in [5.74, 6) is 0.733. The van der Waals surface area contributed by atoms with Crippen LogP contribution >= 0.6 is 15.9 Å². The summed E-state index contributed by atoms with van der Waals surface area (Å²) >= 11 is 3.48. The van der Waals surface area contributed by atoms with Crippen molar-refractivity contribution in [2.24, 2.45) is 5.92 Å². The summed E-state index contributed by atoms with van der Waals surface area (Å²) in [6.07, 6.45) is 3.44. The van der Waals surface area contributed by atoms with E-state index in [1.807, 2.05) is 31.2 Å². The lowest BCUT2D eigenvalue weighted by atomic mass is 9.90. The standard InChI is InChI=1S/C12H15BrO/c1-12(14,8-9-6-7-9)10-4-2-3-5-11(10)13/h2-5,9,14H,6-8H2,1H3. The maximum Gasteiger partial charge on any atom is 0.0882 e. The zero-order chi connectivity index (χ0) is 10.2. The Balaban J connectivity index is 2.22. The van der Waals surface area contributed by atoms with E-state index in [0.717, 1.165) is 22.4 Å². The second-order valence-electron chi connectivity index (χ2n) is 4.40. The molecule has 1 aromatic carbocycles. The molecular formula is C12H15BrO. The van der Waals surface area contributed by atoms with Gasteiger partial charge >= 0.3 is 0 Å². The molecule has 1 nitrogen and oxygen atoms in total. The van der Waals surface area contributed by atoms with Crippen molar-refractivity contribution in [3.8, 4) is 0 Å². The van der Waals surface area contributed by atoms with Gasteiger partial charge in [0.1, 0.15) is 0 Å². The van der Waals surface area contributed by atoms with Crippen LogP contribution in [0.5, 0.6) is 0 Å². The fourth-order valence-corrected chi connectivity index (χ4v) is 2.60. The number of rotatable bonds is 3. The Hall–Kier alpha value is -0.340. The lowest BCUT2D eigenvalue weighted by molar-refractivity contribution is 0.0410. The van der Waals surface area contributed by atoms with Crippen molar-refractivity contribution in [2.45, 2.75) is 31.8 Å². The first-order valence-corrected chi connectivity index (χ1v) is 5.86. The van der Waals surface area contributed by atoms with Gasteiger partial charge in [0, 0.05) is 4.47 Å². The Morgan fingerprint density at radius 3 is 2.64 bits per heavy atom. The van der Waals surface area contributed by atoms with Crippen LogP contribution in [0.3, 0.4) is 0 Å². The van der Waals surface area contributed by atoms with Gasteiger partial charge in [-0.05, 0) is 30.9 Å². The highest BCUT2D eigenvalue weighted by Gasteiger charge is 2.33. The minimum atomic E-state index is -0.679. The van der Waals surface area contributed by atoms with Gasteiger partial charge in [0.2, 0.25) is 0 Å². The van der Waals surface area contributed by atoms with E-state index in [2.05, 4.69) is 15.9 Å². The number of aliphatic hydroxyl groups is 1. The minimum Gasteiger partial charge on any atom is -0.385 e. The first kappa shape index (κ1) is 10.2. The molecule has 1 saturated carbocycles. The quantitative estimate of drug-likeness (QED) is 0.876. The molecule has 0 saturated heterocycles. The second-order valence-corrected chi connectivity index (χ2v) is 5.26. The van der Waals surface area contributed by atoms with Crippen molar-refractivity contribution in [3.05, 3.63) is 34.3 Å². The Kier molecular flexibility index (Phi) is 2.67. The van der Waals surface area contributed by atoms with E-state index in [1.165, 1.54) is 12.8 Å². The van der Waals surface area contributed by atoms with Crippen LogP contribution in [0.15, 0.2) is 28.7 Å². The van der Waals surface area contributed by atoms with Crippen LogP contribution in [0.4, 0.5) is 0 Å². The lowest BCUT2D eigenvalue weighted by Gasteiger charge is -2.24. The molecule has 1 fully saturated rings. The van der Waals surface area contributed by atoms with Crippen LogP contribution in [0.25, 0.3) is 0 Å². The van der Waals surface area contributed by atoms with Crippen LogP contribution in [-0.4, -0.2) is 5.11 Å². The number of hydrogen-bond donors (Lipinski definition) is 1. The highest BCUT2D eigenvalue weighted by molar-refractivity contribution is 9.10. The Morgan fingerprint density at radius 1 is 1.43 bits per heavy atom. The fraction of sp³-hybridized carbons (Fsp3) is 0.500. The van der Waals surface area contributed by atoms with Crippen LogP contribution in [0.1, 0.15) is 31.7 Å². The first-order valence-electron chi connectivity index (χ1n) is 5.07. The summed E-state index contributed by atoms with van der Waals surface area (Å²) in [6.45, 7) is 1.91. The Labute approximate surface area is 93.3 Å². The molecule has 76 valence electrons. The van der Waals surface area contributed by atoms with Crippen molar-refractivity contribution in [1.29, 1.82) is 0 Å². The van der Waals surface area contributed by atoms with Crippen LogP contribution in [0.2, 0.25) is 0 Å². The monoisotopic (exact) mass is 254 g/mol.